The zero-order valence-electron chi connectivity index (χ0n) is 23.3. The van der Waals surface area contributed by atoms with Crippen molar-refractivity contribution in [3.8, 4) is 5.75 Å². The van der Waals surface area contributed by atoms with E-state index in [2.05, 4.69) is 25.4 Å². The van der Waals surface area contributed by atoms with Gasteiger partial charge in [-0.2, -0.15) is 28.2 Å². The molecule has 236 valence electrons. The number of nitrogen functional groups attached to an aromatic ring is 1. The lowest BCUT2D eigenvalue weighted by Crippen LogP contribution is -2.53. The normalized spacial score (nSPS) is 24.6. The molecule has 1 saturated heterocycles. The SMILES string of the molecule is CNc1nc(N)nc2c1ncn2[C@@H]1O[C@H](CO[P@](=O)(N[C@@H](C)C(=O)OC(C)C)Oc2ccccc2)[C@@H](O)[C@]1(Cl)C(F)(F)F. The van der Waals surface area contributed by atoms with Crippen molar-refractivity contribution in [2.75, 3.05) is 24.7 Å². The van der Waals surface area contributed by atoms with Crippen LogP contribution in [0.3, 0.4) is 0 Å². The molecule has 0 radical (unpaired) electrons. The Hall–Kier alpha value is -3.21. The number of carbonyl (C=O) groups excluding carboxylic acids is 1. The van der Waals surface area contributed by atoms with Gasteiger partial charge in [-0.15, -0.1) is 11.6 Å². The van der Waals surface area contributed by atoms with Gasteiger partial charge in [0.05, 0.1) is 19.0 Å². The molecule has 19 heteroatoms. The predicted molar refractivity (Wildman–Crippen MR) is 148 cm³/mol. The third kappa shape index (κ3) is 6.66. The zero-order valence-corrected chi connectivity index (χ0v) is 24.9. The number of fused-ring (bicyclic) bond motifs is 1. The van der Waals surface area contributed by atoms with Crippen molar-refractivity contribution in [2.24, 2.45) is 0 Å². The minimum atomic E-state index is -5.24. The molecule has 1 aliphatic rings. The number of halogens is 4. The van der Waals surface area contributed by atoms with Crippen LogP contribution in [-0.4, -0.2) is 79.7 Å². The fraction of sp³-hybridized carbons (Fsp3) is 0.500. The Morgan fingerprint density at radius 1 is 1.28 bits per heavy atom. The van der Waals surface area contributed by atoms with Gasteiger partial charge in [0.15, 0.2) is 23.2 Å². The van der Waals surface area contributed by atoms with Gasteiger partial charge >= 0.3 is 19.9 Å². The summed E-state index contributed by atoms with van der Waals surface area (Å²) in [5, 5.41) is 16.0. The number of anilines is 2. The molecule has 3 aromatic rings. The smallest absolute Gasteiger partial charge is 0.459 e. The average Bonchev–Trinajstić information content (AvgIpc) is 3.45. The molecule has 0 amide bonds. The summed E-state index contributed by atoms with van der Waals surface area (Å²) < 4.78 is 79.8. The Labute approximate surface area is 248 Å². The third-order valence-corrected chi connectivity index (χ3v) is 8.51. The molecule has 0 saturated carbocycles. The Balaban J connectivity index is 1.65. The van der Waals surface area contributed by atoms with Crippen molar-refractivity contribution >= 4 is 48.2 Å². The van der Waals surface area contributed by atoms with Gasteiger partial charge in [0, 0.05) is 7.05 Å². The van der Waals surface area contributed by atoms with Gasteiger partial charge in [0.25, 0.3) is 0 Å². The first-order chi connectivity index (χ1) is 20.1. The summed E-state index contributed by atoms with van der Waals surface area (Å²) in [4.78, 5) is 20.9. The molecule has 0 aliphatic carbocycles. The first-order valence-corrected chi connectivity index (χ1v) is 14.8. The lowest BCUT2D eigenvalue weighted by molar-refractivity contribution is -0.195. The average molecular weight is 652 g/mol. The third-order valence-electron chi connectivity index (χ3n) is 6.24. The number of nitrogens with two attached hydrogens (primary N) is 1. The van der Waals surface area contributed by atoms with E-state index in [0.717, 1.165) is 10.9 Å². The van der Waals surface area contributed by atoms with Crippen molar-refractivity contribution in [2.45, 2.75) is 62.4 Å². The molecule has 1 fully saturated rings. The molecule has 6 atom stereocenters. The number of aliphatic hydroxyl groups excluding tert-OH is 1. The molecule has 3 heterocycles. The predicted octanol–water partition coefficient (Wildman–Crippen LogP) is 3.38. The second-order valence-electron chi connectivity index (χ2n) is 9.78. The van der Waals surface area contributed by atoms with Crippen LogP contribution in [0.15, 0.2) is 36.7 Å². The highest BCUT2D eigenvalue weighted by Crippen LogP contribution is 2.55. The van der Waals surface area contributed by atoms with E-state index in [1.807, 2.05) is 0 Å². The van der Waals surface area contributed by atoms with Gasteiger partial charge < -0.3 is 30.2 Å². The summed E-state index contributed by atoms with van der Waals surface area (Å²) in [6.07, 6.45) is -11.1. The van der Waals surface area contributed by atoms with Gasteiger partial charge in [0.1, 0.15) is 24.0 Å². The molecule has 14 nitrogen and oxygen atoms in total. The molecule has 0 bridgehead atoms. The Kier molecular flexibility index (Phi) is 9.44. The lowest BCUT2D eigenvalue weighted by Gasteiger charge is -2.32. The number of alkyl halides is 4. The summed E-state index contributed by atoms with van der Waals surface area (Å²) in [5.41, 5.74) is 5.62. The fourth-order valence-electron chi connectivity index (χ4n) is 4.25. The summed E-state index contributed by atoms with van der Waals surface area (Å²) >= 11 is 6.15. The van der Waals surface area contributed by atoms with Crippen LogP contribution < -0.4 is 20.7 Å². The lowest BCUT2D eigenvalue weighted by atomic mass is 9.98. The van der Waals surface area contributed by atoms with E-state index in [-0.39, 0.29) is 28.7 Å². The van der Waals surface area contributed by atoms with Gasteiger partial charge in [0.2, 0.25) is 10.8 Å². The number of esters is 1. The second-order valence-corrected chi connectivity index (χ2v) is 12.1. The number of aliphatic hydroxyl groups is 1. The Bertz CT molecular complexity index is 1500. The molecule has 43 heavy (non-hydrogen) atoms. The number of carbonyl (C=O) groups is 1. The van der Waals surface area contributed by atoms with Crippen molar-refractivity contribution in [3.05, 3.63) is 36.7 Å². The van der Waals surface area contributed by atoms with E-state index in [4.69, 9.17) is 35.9 Å². The van der Waals surface area contributed by atoms with Crippen LogP contribution in [0, 0.1) is 0 Å². The van der Waals surface area contributed by atoms with Crippen molar-refractivity contribution in [1.29, 1.82) is 0 Å². The monoisotopic (exact) mass is 651 g/mol. The van der Waals surface area contributed by atoms with E-state index in [0.29, 0.717) is 0 Å². The van der Waals surface area contributed by atoms with Crippen LogP contribution in [0.5, 0.6) is 5.75 Å². The summed E-state index contributed by atoms with van der Waals surface area (Å²) in [7, 11) is -3.02. The van der Waals surface area contributed by atoms with Crippen LogP contribution in [0.2, 0.25) is 0 Å². The van der Waals surface area contributed by atoms with Crippen LogP contribution in [-0.2, 0) is 23.4 Å². The van der Waals surface area contributed by atoms with E-state index in [1.165, 1.54) is 26.1 Å². The topological polar surface area (TPSA) is 185 Å². The molecule has 0 unspecified atom stereocenters. The highest BCUT2D eigenvalue weighted by Gasteiger charge is 2.71. The number of imidazole rings is 1. The van der Waals surface area contributed by atoms with Crippen LogP contribution in [0.4, 0.5) is 24.9 Å². The van der Waals surface area contributed by atoms with Gasteiger partial charge in [-0.05, 0) is 32.9 Å². The van der Waals surface area contributed by atoms with Crippen molar-refractivity contribution < 1.29 is 46.2 Å². The first kappa shape index (κ1) is 32.7. The minimum Gasteiger partial charge on any atom is -0.462 e. The first-order valence-electron chi connectivity index (χ1n) is 12.8. The van der Waals surface area contributed by atoms with Gasteiger partial charge in [-0.25, -0.2) is 9.55 Å². The molecule has 1 aromatic carbocycles. The van der Waals surface area contributed by atoms with E-state index < -0.39 is 62.0 Å². The number of para-hydroxylation sites is 1. The van der Waals surface area contributed by atoms with E-state index in [1.54, 1.807) is 32.0 Å². The molecule has 5 N–H and O–H groups in total. The number of aromatic nitrogens is 4. The maximum atomic E-state index is 14.5. The second kappa shape index (κ2) is 12.4. The van der Waals surface area contributed by atoms with E-state index >= 15 is 0 Å². The number of ether oxygens (including phenoxy) is 2. The Morgan fingerprint density at radius 3 is 2.56 bits per heavy atom. The number of hydrogen-bond donors (Lipinski definition) is 4. The van der Waals surface area contributed by atoms with Gasteiger partial charge in [-0.1, -0.05) is 18.2 Å². The largest absolute Gasteiger partial charge is 0.462 e. The molecular weight excluding hydrogens is 622 g/mol. The maximum Gasteiger partial charge on any atom is 0.459 e. The summed E-state index contributed by atoms with van der Waals surface area (Å²) in [6.45, 7) is 3.63. The highest BCUT2D eigenvalue weighted by atomic mass is 35.5. The van der Waals surface area contributed by atoms with E-state index in [9.17, 15) is 27.6 Å². The highest BCUT2D eigenvalue weighted by molar-refractivity contribution is 7.52. The fourth-order valence-corrected chi connectivity index (χ4v) is 6.05. The Morgan fingerprint density at radius 2 is 1.95 bits per heavy atom. The van der Waals surface area contributed by atoms with Crippen molar-refractivity contribution in [3.63, 3.8) is 0 Å². The summed E-state index contributed by atoms with van der Waals surface area (Å²) in [5.74, 6) is -0.891. The number of nitrogens with zero attached hydrogens (tertiary/aromatic N) is 4. The van der Waals surface area contributed by atoms with Crippen LogP contribution in [0.25, 0.3) is 11.2 Å². The standard InChI is InChI=1S/C24H30ClF3N7O7P/c1-12(2)40-20(37)13(3)34-43(38,42-14-8-6-5-7-9-14)39-10-15-17(36)23(25,24(26,27)28)21(41-15)35-11-31-16-18(30-4)32-22(29)33-19(16)35/h5-9,11-13,15,17,21,36H,10H2,1-4H3,(H,34,38)(H3,29,30,32,33)/t13-,15+,17+,21+,23+,43+/m0/s1. The van der Waals surface area contributed by atoms with Crippen LogP contribution >= 0.6 is 19.3 Å². The van der Waals surface area contributed by atoms with Crippen molar-refractivity contribution in [1.82, 2.24) is 24.6 Å². The molecular formula is C24H30ClF3N7O7P. The number of benzene rings is 1. The molecule has 2 aromatic heterocycles. The number of hydrogen-bond acceptors (Lipinski definition) is 12. The number of nitrogens with one attached hydrogen (secondary N) is 2. The number of rotatable bonds is 11. The molecule has 0 spiro atoms. The van der Waals surface area contributed by atoms with Gasteiger partial charge in [-0.3, -0.25) is 13.9 Å². The summed E-state index contributed by atoms with van der Waals surface area (Å²) in [6, 6.07) is 6.45. The molecule has 4 rings (SSSR count). The minimum absolute atomic E-state index is 0.0537. The maximum absolute atomic E-state index is 14.5. The quantitative estimate of drug-likeness (QED) is 0.134. The van der Waals surface area contributed by atoms with Crippen LogP contribution in [0.1, 0.15) is 27.0 Å². The zero-order chi connectivity index (χ0) is 31.7. The molecule has 1 aliphatic heterocycles.